The third-order valence-corrected chi connectivity index (χ3v) is 8.05. The zero-order valence-corrected chi connectivity index (χ0v) is 23.8. The van der Waals surface area contributed by atoms with Gasteiger partial charge in [-0.15, -0.1) is 11.8 Å². The monoisotopic (exact) mass is 561 g/mol. The van der Waals surface area contributed by atoms with Gasteiger partial charge in [0.1, 0.15) is 11.6 Å². The fraction of sp³-hybridized carbons (Fsp3) is 0.407. The van der Waals surface area contributed by atoms with Crippen molar-refractivity contribution in [2.75, 3.05) is 45.9 Å². The van der Waals surface area contributed by atoms with Crippen LogP contribution in [0, 0.1) is 11.3 Å². The number of nitriles is 1. The normalized spacial score (nSPS) is 12.8. The van der Waals surface area contributed by atoms with E-state index in [1.165, 1.54) is 0 Å². The number of amides is 1. The summed E-state index contributed by atoms with van der Waals surface area (Å²) < 4.78 is 36.6. The summed E-state index contributed by atoms with van der Waals surface area (Å²) in [6, 6.07) is 20.4. The number of carbonyl (C=O) groups excluding carboxylic acids is 1. The second kappa shape index (κ2) is 17.8. The van der Waals surface area contributed by atoms with Crippen LogP contribution in [0.5, 0.6) is 0 Å². The first-order valence-electron chi connectivity index (χ1n) is 12.3. The molecule has 0 radical (unpaired) electrons. The Morgan fingerprint density at radius 1 is 0.947 bits per heavy atom. The molecule has 0 heterocycles. The molecule has 206 valence electrons. The SMILES string of the molecule is CCOCCOP(=O)(OCCOCC)C(N/C(SC)=C(/C#N)C(=O)NCc1ccccc1)c1ccccc1. The molecular formula is C27H36N3O6PS. The largest absolute Gasteiger partial charge is 0.379 e. The molecule has 0 aliphatic carbocycles. The first-order valence-corrected chi connectivity index (χ1v) is 15.2. The van der Waals surface area contributed by atoms with Crippen molar-refractivity contribution in [1.82, 2.24) is 10.6 Å². The van der Waals surface area contributed by atoms with Crippen molar-refractivity contribution in [3.05, 3.63) is 82.4 Å². The fourth-order valence-electron chi connectivity index (χ4n) is 3.33. The average Bonchev–Trinajstić information content (AvgIpc) is 2.95. The lowest BCUT2D eigenvalue weighted by Gasteiger charge is -2.29. The molecule has 0 aliphatic heterocycles. The van der Waals surface area contributed by atoms with Crippen LogP contribution in [0.4, 0.5) is 0 Å². The van der Waals surface area contributed by atoms with Crippen molar-refractivity contribution in [2.24, 2.45) is 0 Å². The predicted molar refractivity (Wildman–Crippen MR) is 149 cm³/mol. The van der Waals surface area contributed by atoms with Gasteiger partial charge in [-0.25, -0.2) is 0 Å². The molecule has 0 fully saturated rings. The molecule has 1 atom stereocenters. The van der Waals surface area contributed by atoms with Crippen molar-refractivity contribution >= 4 is 25.3 Å². The summed E-state index contributed by atoms with van der Waals surface area (Å²) >= 11 is 1.16. The third kappa shape index (κ3) is 10.3. The van der Waals surface area contributed by atoms with Crippen molar-refractivity contribution in [1.29, 1.82) is 5.26 Å². The third-order valence-electron chi connectivity index (χ3n) is 5.17. The zero-order chi connectivity index (χ0) is 27.6. The molecule has 0 aromatic heterocycles. The van der Waals surface area contributed by atoms with Crippen LogP contribution in [-0.2, 0) is 34.4 Å². The van der Waals surface area contributed by atoms with Crippen LogP contribution < -0.4 is 10.6 Å². The van der Waals surface area contributed by atoms with Gasteiger partial charge in [-0.1, -0.05) is 60.7 Å². The van der Waals surface area contributed by atoms with Gasteiger partial charge in [0.05, 0.1) is 31.5 Å². The van der Waals surface area contributed by atoms with E-state index in [9.17, 15) is 14.6 Å². The minimum Gasteiger partial charge on any atom is -0.379 e. The Kier molecular flexibility index (Phi) is 14.8. The Morgan fingerprint density at radius 3 is 2.00 bits per heavy atom. The highest BCUT2D eigenvalue weighted by Gasteiger charge is 2.39. The zero-order valence-electron chi connectivity index (χ0n) is 22.1. The molecule has 2 aromatic rings. The molecule has 1 unspecified atom stereocenters. The topological polar surface area (TPSA) is 119 Å². The average molecular weight is 562 g/mol. The second-order valence-corrected chi connectivity index (χ2v) is 10.7. The molecule has 2 aromatic carbocycles. The minimum atomic E-state index is -3.90. The quantitative estimate of drug-likeness (QED) is 0.112. The van der Waals surface area contributed by atoms with Gasteiger partial charge in [0, 0.05) is 19.8 Å². The van der Waals surface area contributed by atoms with E-state index in [4.69, 9.17) is 18.5 Å². The summed E-state index contributed by atoms with van der Waals surface area (Å²) in [6.07, 6.45) is 1.73. The minimum absolute atomic E-state index is 0.0335. The van der Waals surface area contributed by atoms with Crippen molar-refractivity contribution < 1.29 is 27.9 Å². The van der Waals surface area contributed by atoms with Crippen molar-refractivity contribution in [3.63, 3.8) is 0 Å². The van der Waals surface area contributed by atoms with Crippen LogP contribution in [-0.4, -0.2) is 51.8 Å². The van der Waals surface area contributed by atoms with Gasteiger partial charge < -0.3 is 29.2 Å². The van der Waals surface area contributed by atoms with Crippen LogP contribution in [0.15, 0.2) is 71.3 Å². The summed E-state index contributed by atoms with van der Waals surface area (Å²) in [5.74, 6) is -1.55. The summed E-state index contributed by atoms with van der Waals surface area (Å²) in [4.78, 5) is 13.0. The molecule has 0 spiro atoms. The number of rotatable bonds is 18. The van der Waals surface area contributed by atoms with Gasteiger partial charge in [-0.2, -0.15) is 5.26 Å². The second-order valence-electron chi connectivity index (χ2n) is 7.75. The van der Waals surface area contributed by atoms with E-state index in [1.54, 1.807) is 30.5 Å². The van der Waals surface area contributed by atoms with E-state index >= 15 is 0 Å². The summed E-state index contributed by atoms with van der Waals surface area (Å²) in [5.41, 5.74) is 1.37. The standard InChI is InChI=1S/C27H36N3O6PS/c1-4-33-16-18-35-37(32,36-19-17-34-5-2)26(23-14-10-7-11-15-23)30-27(38-3)24(20-28)25(31)29-21-22-12-8-6-9-13-22/h6-15,26,30H,4-5,16-19,21H2,1-3H3,(H,29,31)/b27-24+. The molecule has 1 amide bonds. The Balaban J connectivity index is 2.38. The van der Waals surface area contributed by atoms with Crippen LogP contribution in [0.1, 0.15) is 30.8 Å². The fourth-order valence-corrected chi connectivity index (χ4v) is 5.85. The first kappa shape index (κ1) is 31.6. The Hall–Kier alpha value is -2.64. The summed E-state index contributed by atoms with van der Waals surface area (Å²) in [7, 11) is -3.90. The number of nitrogens with one attached hydrogen (secondary N) is 2. The van der Waals surface area contributed by atoms with Gasteiger partial charge in [-0.05, 0) is 31.2 Å². The number of ether oxygens (including phenoxy) is 2. The number of thioether (sulfide) groups is 1. The number of benzene rings is 2. The van der Waals surface area contributed by atoms with Gasteiger partial charge >= 0.3 is 7.60 Å². The summed E-state index contributed by atoms with van der Waals surface area (Å²) in [6.45, 7) is 5.47. The number of nitrogens with zero attached hydrogens (tertiary/aromatic N) is 1. The molecule has 0 saturated carbocycles. The summed E-state index contributed by atoms with van der Waals surface area (Å²) in [5, 5.41) is 16.1. The van der Waals surface area contributed by atoms with Crippen molar-refractivity contribution in [2.45, 2.75) is 26.2 Å². The Morgan fingerprint density at radius 2 is 1.50 bits per heavy atom. The molecule has 2 rings (SSSR count). The van der Waals surface area contributed by atoms with Gasteiger partial charge in [0.2, 0.25) is 0 Å². The van der Waals surface area contributed by atoms with Gasteiger partial charge in [-0.3, -0.25) is 9.36 Å². The maximum absolute atomic E-state index is 14.2. The first-order chi connectivity index (χ1) is 18.5. The van der Waals surface area contributed by atoms with Crippen LogP contribution in [0.2, 0.25) is 0 Å². The maximum Gasteiger partial charge on any atom is 0.357 e. The lowest BCUT2D eigenvalue weighted by molar-refractivity contribution is -0.117. The highest BCUT2D eigenvalue weighted by atomic mass is 32.2. The van der Waals surface area contributed by atoms with E-state index in [2.05, 4.69) is 10.6 Å². The molecule has 11 heteroatoms. The molecule has 2 N–H and O–H groups in total. The molecule has 0 bridgehead atoms. The number of hydrogen-bond donors (Lipinski definition) is 2. The lowest BCUT2D eigenvalue weighted by Crippen LogP contribution is -2.29. The van der Waals surface area contributed by atoms with Crippen molar-refractivity contribution in [3.8, 4) is 6.07 Å². The highest BCUT2D eigenvalue weighted by molar-refractivity contribution is 8.02. The predicted octanol–water partition coefficient (Wildman–Crippen LogP) is 4.99. The maximum atomic E-state index is 14.2. The lowest BCUT2D eigenvalue weighted by atomic mass is 10.2. The van der Waals surface area contributed by atoms with E-state index in [-0.39, 0.29) is 43.6 Å². The molecule has 9 nitrogen and oxygen atoms in total. The Bertz CT molecular complexity index is 1080. The number of hydrogen-bond acceptors (Lipinski definition) is 9. The molecule has 0 saturated heterocycles. The smallest absolute Gasteiger partial charge is 0.357 e. The van der Waals surface area contributed by atoms with E-state index in [0.717, 1.165) is 17.3 Å². The van der Waals surface area contributed by atoms with Crippen LogP contribution in [0.3, 0.4) is 0 Å². The van der Waals surface area contributed by atoms with Crippen LogP contribution >= 0.6 is 19.4 Å². The molecule has 0 aliphatic rings. The van der Waals surface area contributed by atoms with E-state index in [1.807, 2.05) is 56.3 Å². The van der Waals surface area contributed by atoms with Gasteiger partial charge in [0.25, 0.3) is 5.91 Å². The van der Waals surface area contributed by atoms with E-state index in [0.29, 0.717) is 18.8 Å². The van der Waals surface area contributed by atoms with Gasteiger partial charge in [0.15, 0.2) is 5.78 Å². The Labute approximate surface area is 229 Å². The van der Waals surface area contributed by atoms with E-state index < -0.39 is 19.3 Å². The van der Waals surface area contributed by atoms with Crippen LogP contribution in [0.25, 0.3) is 0 Å². The molecule has 38 heavy (non-hydrogen) atoms. The number of carbonyl (C=O) groups is 1. The highest BCUT2D eigenvalue weighted by Crippen LogP contribution is 2.60. The molecular weight excluding hydrogens is 525 g/mol.